The number of rotatable bonds is 2. The molecule has 27 heavy (non-hydrogen) atoms. The van der Waals surface area contributed by atoms with Gasteiger partial charge in [0, 0.05) is 29.7 Å². The van der Waals surface area contributed by atoms with Crippen molar-refractivity contribution in [1.29, 1.82) is 0 Å². The molecule has 0 N–H and O–H groups in total. The second-order valence-corrected chi connectivity index (χ2v) is 9.57. The molecule has 0 aliphatic carbocycles. The number of carbonyl (C=O) groups is 1. The maximum Gasteiger partial charge on any atom is 0.258 e. The lowest BCUT2D eigenvalue weighted by Crippen LogP contribution is -2.35. The third-order valence-corrected chi connectivity index (χ3v) is 6.92. The number of aryl methyl sites for hydroxylation is 2. The lowest BCUT2D eigenvalue weighted by atomic mass is 10.1. The van der Waals surface area contributed by atoms with E-state index in [1.165, 1.54) is 11.8 Å². The number of fused-ring (bicyclic) bond motifs is 3. The van der Waals surface area contributed by atoms with Gasteiger partial charge in [-0.2, -0.15) is 0 Å². The summed E-state index contributed by atoms with van der Waals surface area (Å²) in [7, 11) is -1.63. The van der Waals surface area contributed by atoms with Gasteiger partial charge in [-0.05, 0) is 67.1 Å². The van der Waals surface area contributed by atoms with E-state index >= 15 is 0 Å². The number of thioether (sulfide) groups is 1. The predicted octanol–water partition coefficient (Wildman–Crippen LogP) is 3.19. The lowest BCUT2D eigenvalue weighted by molar-refractivity contribution is 0.0993. The zero-order valence-corrected chi connectivity index (χ0v) is 16.9. The Kier molecular flexibility index (Phi) is 4.27. The summed E-state index contributed by atoms with van der Waals surface area (Å²) < 4.78 is 27.3. The molecule has 2 aliphatic heterocycles. The van der Waals surface area contributed by atoms with Gasteiger partial charge in [-0.15, -0.1) is 4.40 Å². The lowest BCUT2D eigenvalue weighted by Gasteiger charge is -2.22. The summed E-state index contributed by atoms with van der Waals surface area (Å²) in [6.07, 6.45) is 0. The number of sulfonamides is 1. The molecular weight excluding hydrogens is 382 g/mol. The topological polar surface area (TPSA) is 70.0 Å². The quantitative estimate of drug-likeness (QED) is 0.773. The first kappa shape index (κ1) is 18.1. The first-order chi connectivity index (χ1) is 12.7. The summed E-state index contributed by atoms with van der Waals surface area (Å²) >= 11 is 1.29. The van der Waals surface area contributed by atoms with Crippen LogP contribution in [0, 0.1) is 13.8 Å². The van der Waals surface area contributed by atoms with Gasteiger partial charge in [-0.1, -0.05) is 6.07 Å². The highest BCUT2D eigenvalue weighted by Crippen LogP contribution is 2.42. The van der Waals surface area contributed by atoms with E-state index in [1.807, 2.05) is 43.0 Å². The Morgan fingerprint density at radius 3 is 2.56 bits per heavy atom. The Labute approximate surface area is 162 Å². The Morgan fingerprint density at radius 2 is 1.85 bits per heavy atom. The van der Waals surface area contributed by atoms with E-state index in [1.54, 1.807) is 18.0 Å². The fourth-order valence-corrected chi connectivity index (χ4v) is 5.61. The van der Waals surface area contributed by atoms with Crippen LogP contribution in [-0.2, 0) is 10.0 Å². The fraction of sp³-hybridized carbons (Fsp3) is 0.263. The minimum atomic E-state index is -3.39. The summed E-state index contributed by atoms with van der Waals surface area (Å²) in [6, 6.07) is 11.5. The second kappa shape index (κ2) is 6.38. The van der Waals surface area contributed by atoms with Crippen molar-refractivity contribution in [2.24, 2.45) is 4.40 Å². The summed E-state index contributed by atoms with van der Waals surface area (Å²) in [5.41, 5.74) is 4.51. The molecule has 2 aliphatic rings. The van der Waals surface area contributed by atoms with Crippen molar-refractivity contribution < 1.29 is 13.2 Å². The molecule has 0 spiro atoms. The highest BCUT2D eigenvalue weighted by Gasteiger charge is 2.33. The molecule has 6 nitrogen and oxygen atoms in total. The summed E-state index contributed by atoms with van der Waals surface area (Å²) in [6.45, 7) is 4.40. The van der Waals surface area contributed by atoms with Gasteiger partial charge in [-0.25, -0.2) is 8.42 Å². The Hall–Kier alpha value is -2.32. The molecule has 0 aromatic heterocycles. The van der Waals surface area contributed by atoms with Crippen LogP contribution in [0.2, 0.25) is 0 Å². The number of amidine groups is 1. The van der Waals surface area contributed by atoms with Crippen LogP contribution in [0.4, 0.5) is 11.4 Å². The summed E-state index contributed by atoms with van der Waals surface area (Å²) in [5, 5.41) is 0.462. The van der Waals surface area contributed by atoms with Crippen LogP contribution in [0.3, 0.4) is 0 Å². The van der Waals surface area contributed by atoms with Crippen molar-refractivity contribution in [1.82, 2.24) is 0 Å². The van der Waals surface area contributed by atoms with Crippen LogP contribution >= 0.6 is 11.8 Å². The van der Waals surface area contributed by atoms with Gasteiger partial charge in [0.15, 0.2) is 5.17 Å². The van der Waals surface area contributed by atoms with Gasteiger partial charge in [0.2, 0.25) is 0 Å². The average molecular weight is 402 g/mol. The maximum absolute atomic E-state index is 13.0. The molecule has 0 atom stereocenters. The number of hydrogen-bond acceptors (Lipinski definition) is 5. The van der Waals surface area contributed by atoms with E-state index in [0.717, 1.165) is 27.4 Å². The molecule has 2 aromatic rings. The minimum absolute atomic E-state index is 0.00658. The maximum atomic E-state index is 13.0. The van der Waals surface area contributed by atoms with E-state index in [2.05, 4.69) is 10.5 Å². The highest BCUT2D eigenvalue weighted by molar-refractivity contribution is 8.15. The van der Waals surface area contributed by atoms with E-state index in [0.29, 0.717) is 17.3 Å². The van der Waals surface area contributed by atoms with Crippen LogP contribution in [0.1, 0.15) is 21.5 Å². The molecule has 1 amide bonds. The van der Waals surface area contributed by atoms with Crippen LogP contribution in [0.25, 0.3) is 0 Å². The van der Waals surface area contributed by atoms with Gasteiger partial charge < -0.3 is 9.80 Å². The van der Waals surface area contributed by atoms with Gasteiger partial charge in [0.1, 0.15) is 0 Å². The van der Waals surface area contributed by atoms with Crippen molar-refractivity contribution in [3.05, 3.63) is 53.1 Å². The van der Waals surface area contributed by atoms with E-state index in [4.69, 9.17) is 0 Å². The predicted molar refractivity (Wildman–Crippen MR) is 110 cm³/mol. The first-order valence-electron chi connectivity index (χ1n) is 8.52. The number of benzene rings is 2. The van der Waals surface area contributed by atoms with Crippen LogP contribution in [-0.4, -0.2) is 38.8 Å². The van der Waals surface area contributed by atoms with Crippen molar-refractivity contribution >= 4 is 44.2 Å². The zero-order valence-electron chi connectivity index (χ0n) is 15.3. The van der Waals surface area contributed by atoms with E-state index < -0.39 is 10.0 Å². The SMILES string of the molecule is Cc1cc(C)cc(N(C)C(=O)c2ccc3c(c2)SC2=NS(=O)(=O)CCN23)c1. The van der Waals surface area contributed by atoms with Crippen molar-refractivity contribution in [3.8, 4) is 0 Å². The molecule has 0 saturated heterocycles. The van der Waals surface area contributed by atoms with Gasteiger partial charge >= 0.3 is 0 Å². The van der Waals surface area contributed by atoms with E-state index in [9.17, 15) is 13.2 Å². The number of hydrogen-bond donors (Lipinski definition) is 0. The monoisotopic (exact) mass is 401 g/mol. The van der Waals surface area contributed by atoms with Crippen molar-refractivity contribution in [2.75, 3.05) is 29.1 Å². The molecule has 2 heterocycles. The second-order valence-electron chi connectivity index (χ2n) is 6.81. The van der Waals surface area contributed by atoms with Crippen LogP contribution < -0.4 is 9.80 Å². The molecule has 2 aromatic carbocycles. The third kappa shape index (κ3) is 3.35. The van der Waals surface area contributed by atoms with Crippen LogP contribution in [0.5, 0.6) is 0 Å². The Morgan fingerprint density at radius 1 is 1.15 bits per heavy atom. The van der Waals surface area contributed by atoms with Crippen LogP contribution in [0.15, 0.2) is 45.7 Å². The molecule has 0 saturated carbocycles. The highest BCUT2D eigenvalue weighted by atomic mass is 32.2. The van der Waals surface area contributed by atoms with Gasteiger partial charge in [0.05, 0.1) is 11.4 Å². The third-order valence-electron chi connectivity index (χ3n) is 4.62. The Bertz CT molecular complexity index is 1070. The largest absolute Gasteiger partial charge is 0.318 e. The molecule has 0 unspecified atom stereocenters. The normalized spacial score (nSPS) is 17.1. The Balaban J connectivity index is 1.65. The number of anilines is 2. The fourth-order valence-electron chi connectivity index (χ4n) is 3.32. The van der Waals surface area contributed by atoms with Gasteiger partial charge in [-0.3, -0.25) is 4.79 Å². The number of carbonyl (C=O) groups excluding carboxylic acids is 1. The minimum Gasteiger partial charge on any atom is -0.318 e. The first-order valence-corrected chi connectivity index (χ1v) is 10.9. The number of nitrogens with zero attached hydrogens (tertiary/aromatic N) is 3. The molecular formula is C19H19N3O3S2. The zero-order chi connectivity index (χ0) is 19.3. The molecule has 0 radical (unpaired) electrons. The molecule has 140 valence electrons. The summed E-state index contributed by atoms with van der Waals surface area (Å²) in [4.78, 5) is 17.3. The molecule has 8 heteroatoms. The molecule has 4 rings (SSSR count). The molecule has 0 fully saturated rings. The average Bonchev–Trinajstić information content (AvgIpc) is 2.94. The van der Waals surface area contributed by atoms with Crippen molar-refractivity contribution in [2.45, 2.75) is 18.7 Å². The number of amides is 1. The van der Waals surface area contributed by atoms with Gasteiger partial charge in [0.25, 0.3) is 15.9 Å². The molecule has 0 bridgehead atoms. The van der Waals surface area contributed by atoms with Crippen molar-refractivity contribution in [3.63, 3.8) is 0 Å². The standard InChI is InChI=1S/C19H19N3O3S2/c1-12-8-13(2)10-15(9-12)21(3)18(23)14-4-5-16-17(11-14)26-19-20-27(24,25)7-6-22(16)19/h4-5,8-11H,6-7H2,1-3H3. The smallest absolute Gasteiger partial charge is 0.258 e. The van der Waals surface area contributed by atoms with E-state index in [-0.39, 0.29) is 11.7 Å². The summed E-state index contributed by atoms with van der Waals surface area (Å²) in [5.74, 6) is -0.102.